The average Bonchev–Trinajstić information content (AvgIpc) is 2.30. The number of fused-ring (bicyclic) bond motifs is 1. The van der Waals surface area contributed by atoms with E-state index >= 15 is 0 Å². The van der Waals surface area contributed by atoms with Gasteiger partial charge in [0.1, 0.15) is 0 Å². The monoisotopic (exact) mass is 212 g/mol. The Morgan fingerprint density at radius 1 is 0.875 bits per heavy atom. The maximum absolute atomic E-state index is 3.84. The molecule has 0 saturated heterocycles. The van der Waals surface area contributed by atoms with Crippen molar-refractivity contribution in [1.29, 1.82) is 0 Å². The first-order chi connectivity index (χ1) is 7.85. The summed E-state index contributed by atoms with van der Waals surface area (Å²) in [6.45, 7) is 7.69. The predicted octanol–water partition coefficient (Wildman–Crippen LogP) is 4.02. The van der Waals surface area contributed by atoms with E-state index in [0.717, 1.165) is 12.8 Å². The predicted molar refractivity (Wildman–Crippen MR) is 70.9 cm³/mol. The van der Waals surface area contributed by atoms with Crippen molar-refractivity contribution in [3.05, 3.63) is 59.7 Å². The van der Waals surface area contributed by atoms with Crippen molar-refractivity contribution < 1.29 is 0 Å². The molecule has 0 unspecified atom stereocenters. The maximum atomic E-state index is 3.84. The number of hydrogen-bond acceptors (Lipinski definition) is 0. The Bertz CT molecular complexity index is 360. The van der Waals surface area contributed by atoms with Crippen LogP contribution < -0.4 is 0 Å². The molecule has 1 aliphatic carbocycles. The largest absolute Gasteiger partial charge is 0.103 e. The molecule has 0 nitrogen and oxygen atoms in total. The minimum Gasteiger partial charge on any atom is -0.103 e. The lowest BCUT2D eigenvalue weighted by Crippen LogP contribution is -2.06. The van der Waals surface area contributed by atoms with Gasteiger partial charge in [-0.15, -0.1) is 13.2 Å². The summed E-state index contributed by atoms with van der Waals surface area (Å²) in [5.74, 6) is 0. The summed E-state index contributed by atoms with van der Waals surface area (Å²) >= 11 is 0. The lowest BCUT2D eigenvalue weighted by atomic mass is 9.86. The van der Waals surface area contributed by atoms with Gasteiger partial charge in [0, 0.05) is 0 Å². The zero-order valence-corrected chi connectivity index (χ0v) is 9.97. The fourth-order valence-corrected chi connectivity index (χ4v) is 2.58. The zero-order chi connectivity index (χ0) is 11.4. The van der Waals surface area contributed by atoms with Crippen LogP contribution >= 0.6 is 0 Å². The van der Waals surface area contributed by atoms with Crippen LogP contribution in [0.2, 0.25) is 0 Å². The van der Waals surface area contributed by atoms with E-state index in [9.17, 15) is 0 Å². The Morgan fingerprint density at radius 3 is 1.69 bits per heavy atom. The Labute approximate surface area is 98.7 Å². The molecule has 0 heteroatoms. The molecule has 0 aliphatic heterocycles. The normalized spacial score (nSPS) is 14.2. The summed E-state index contributed by atoms with van der Waals surface area (Å²) in [5.41, 5.74) is 6.01. The molecule has 1 aromatic rings. The molecule has 2 rings (SSSR count). The molecular formula is C16H20. The third kappa shape index (κ3) is 2.27. The van der Waals surface area contributed by atoms with Crippen LogP contribution in [0.15, 0.2) is 37.4 Å². The summed E-state index contributed by atoms with van der Waals surface area (Å²) in [5, 5.41) is 0. The second kappa shape index (κ2) is 5.16. The van der Waals surface area contributed by atoms with Crippen molar-refractivity contribution in [2.75, 3.05) is 0 Å². The number of hydrogen-bond donors (Lipinski definition) is 0. The highest BCUT2D eigenvalue weighted by atomic mass is 14.2. The third-order valence-corrected chi connectivity index (χ3v) is 3.39. The topological polar surface area (TPSA) is 0 Å². The van der Waals surface area contributed by atoms with Crippen LogP contribution in [-0.2, 0) is 25.7 Å². The summed E-state index contributed by atoms with van der Waals surface area (Å²) < 4.78 is 0. The van der Waals surface area contributed by atoms with E-state index in [0.29, 0.717) is 0 Å². The summed E-state index contributed by atoms with van der Waals surface area (Å²) in [6.07, 6.45) is 11.2. The molecule has 1 aliphatic rings. The molecule has 0 N–H and O–H groups in total. The van der Waals surface area contributed by atoms with E-state index in [4.69, 9.17) is 0 Å². The molecular weight excluding hydrogens is 192 g/mol. The van der Waals surface area contributed by atoms with Crippen molar-refractivity contribution in [2.45, 2.75) is 38.5 Å². The van der Waals surface area contributed by atoms with Crippen molar-refractivity contribution in [1.82, 2.24) is 0 Å². The molecule has 0 amide bonds. The van der Waals surface area contributed by atoms with Gasteiger partial charge in [-0.1, -0.05) is 24.3 Å². The SMILES string of the molecule is C=CCc1cc2c(cc1CC=C)CCCC2. The average molecular weight is 212 g/mol. The Morgan fingerprint density at radius 2 is 1.31 bits per heavy atom. The molecule has 0 bridgehead atoms. The van der Waals surface area contributed by atoms with Crippen LogP contribution in [0.5, 0.6) is 0 Å². The summed E-state index contributed by atoms with van der Waals surface area (Å²) in [7, 11) is 0. The summed E-state index contributed by atoms with van der Waals surface area (Å²) in [6, 6.07) is 4.80. The number of allylic oxidation sites excluding steroid dienone is 2. The van der Waals surface area contributed by atoms with Crippen LogP contribution in [0.25, 0.3) is 0 Å². The Kier molecular flexibility index (Phi) is 3.61. The van der Waals surface area contributed by atoms with Gasteiger partial charge in [0.2, 0.25) is 0 Å². The lowest BCUT2D eigenvalue weighted by molar-refractivity contribution is 0.683. The van der Waals surface area contributed by atoms with E-state index in [-0.39, 0.29) is 0 Å². The molecule has 0 aromatic heterocycles. The first kappa shape index (κ1) is 11.2. The van der Waals surface area contributed by atoms with Crippen molar-refractivity contribution in [2.24, 2.45) is 0 Å². The molecule has 0 radical (unpaired) electrons. The molecule has 0 saturated carbocycles. The lowest BCUT2D eigenvalue weighted by Gasteiger charge is -2.19. The molecule has 1 aromatic carbocycles. The Hall–Kier alpha value is -1.30. The van der Waals surface area contributed by atoms with Crippen LogP contribution in [0.3, 0.4) is 0 Å². The maximum Gasteiger partial charge on any atom is -0.00972 e. The molecule has 84 valence electrons. The van der Waals surface area contributed by atoms with Gasteiger partial charge in [0.15, 0.2) is 0 Å². The molecule has 0 fully saturated rings. The highest BCUT2D eigenvalue weighted by Gasteiger charge is 2.12. The Balaban J connectivity index is 2.40. The van der Waals surface area contributed by atoms with Crippen molar-refractivity contribution in [3.8, 4) is 0 Å². The minimum atomic E-state index is 0.983. The van der Waals surface area contributed by atoms with E-state index in [1.165, 1.54) is 36.8 Å². The minimum absolute atomic E-state index is 0.983. The van der Waals surface area contributed by atoms with Gasteiger partial charge >= 0.3 is 0 Å². The van der Waals surface area contributed by atoms with Gasteiger partial charge in [-0.25, -0.2) is 0 Å². The first-order valence-electron chi connectivity index (χ1n) is 6.20. The highest BCUT2D eigenvalue weighted by molar-refractivity contribution is 5.41. The fraction of sp³-hybridized carbons (Fsp3) is 0.375. The van der Waals surface area contributed by atoms with Crippen LogP contribution in [0, 0.1) is 0 Å². The molecule has 0 atom stereocenters. The number of aryl methyl sites for hydroxylation is 2. The second-order valence-corrected chi connectivity index (χ2v) is 4.58. The summed E-state index contributed by atoms with van der Waals surface area (Å²) in [4.78, 5) is 0. The van der Waals surface area contributed by atoms with Gasteiger partial charge < -0.3 is 0 Å². The molecule has 0 spiro atoms. The van der Waals surface area contributed by atoms with Crippen LogP contribution in [-0.4, -0.2) is 0 Å². The van der Waals surface area contributed by atoms with Gasteiger partial charge in [-0.2, -0.15) is 0 Å². The van der Waals surface area contributed by atoms with Crippen molar-refractivity contribution >= 4 is 0 Å². The quantitative estimate of drug-likeness (QED) is 0.661. The van der Waals surface area contributed by atoms with Gasteiger partial charge in [-0.05, 0) is 60.8 Å². The second-order valence-electron chi connectivity index (χ2n) is 4.58. The van der Waals surface area contributed by atoms with Crippen molar-refractivity contribution in [3.63, 3.8) is 0 Å². The zero-order valence-electron chi connectivity index (χ0n) is 9.97. The number of benzene rings is 1. The molecule has 0 heterocycles. The van der Waals surface area contributed by atoms with Crippen LogP contribution in [0.1, 0.15) is 35.1 Å². The van der Waals surface area contributed by atoms with E-state index in [1.54, 1.807) is 11.1 Å². The molecule has 16 heavy (non-hydrogen) atoms. The van der Waals surface area contributed by atoms with Gasteiger partial charge in [-0.3, -0.25) is 0 Å². The van der Waals surface area contributed by atoms with E-state index < -0.39 is 0 Å². The first-order valence-corrected chi connectivity index (χ1v) is 6.20. The van der Waals surface area contributed by atoms with Gasteiger partial charge in [0.25, 0.3) is 0 Å². The van der Waals surface area contributed by atoms with E-state index in [2.05, 4.69) is 25.3 Å². The standard InChI is InChI=1S/C16H20/c1-3-7-13-11-15-9-5-6-10-16(15)12-14(13)8-4-2/h3-4,11-12H,1-2,5-10H2. The fourth-order valence-electron chi connectivity index (χ4n) is 2.58. The van der Waals surface area contributed by atoms with Gasteiger partial charge in [0.05, 0.1) is 0 Å². The van der Waals surface area contributed by atoms with Crippen LogP contribution in [0.4, 0.5) is 0 Å². The highest BCUT2D eigenvalue weighted by Crippen LogP contribution is 2.25. The van der Waals surface area contributed by atoms with E-state index in [1.807, 2.05) is 12.2 Å². The smallest absolute Gasteiger partial charge is 0.00972 e. The number of rotatable bonds is 4. The third-order valence-electron chi connectivity index (χ3n) is 3.39.